The summed E-state index contributed by atoms with van der Waals surface area (Å²) in [5.41, 5.74) is 3.79. The molecule has 1 heterocycles. The minimum atomic E-state index is -3.86. The van der Waals surface area contributed by atoms with Gasteiger partial charge in [0.15, 0.2) is 0 Å². The van der Waals surface area contributed by atoms with Crippen molar-refractivity contribution >= 4 is 32.7 Å². The number of nitrogens with zero attached hydrogens (tertiary/aromatic N) is 2. The van der Waals surface area contributed by atoms with Crippen LogP contribution >= 0.6 is 0 Å². The summed E-state index contributed by atoms with van der Waals surface area (Å²) in [6, 6.07) is 19.7. The summed E-state index contributed by atoms with van der Waals surface area (Å²) in [6.07, 6.45) is 0. The van der Waals surface area contributed by atoms with Crippen LogP contribution in [0.2, 0.25) is 0 Å². The molecule has 0 saturated heterocycles. The molecule has 0 aliphatic heterocycles. The van der Waals surface area contributed by atoms with E-state index in [4.69, 9.17) is 4.74 Å². The molecule has 0 unspecified atom stereocenters. The maximum Gasteiger partial charge on any atom is 0.271 e. The van der Waals surface area contributed by atoms with Crippen molar-refractivity contribution in [1.29, 1.82) is 0 Å². The Labute approximate surface area is 176 Å². The van der Waals surface area contributed by atoms with E-state index in [1.54, 1.807) is 24.3 Å². The molecule has 0 amide bonds. The predicted molar refractivity (Wildman–Crippen MR) is 119 cm³/mol. The molecule has 0 aliphatic rings. The lowest BCUT2D eigenvalue weighted by Crippen LogP contribution is -2.15. The molecule has 0 saturated carbocycles. The largest absolute Gasteiger partial charge is 0.494 e. The van der Waals surface area contributed by atoms with E-state index in [0.717, 1.165) is 16.9 Å². The number of aromatic nitrogens is 2. The van der Waals surface area contributed by atoms with Crippen LogP contribution in [-0.2, 0) is 10.0 Å². The molecular weight excluding hydrogens is 398 g/mol. The Hall–Kier alpha value is -3.32. The maximum absolute atomic E-state index is 13.5. The molecule has 0 fully saturated rings. The number of aryl methyl sites for hydroxylation is 2. The van der Waals surface area contributed by atoms with E-state index in [2.05, 4.69) is 10.3 Å². The summed E-state index contributed by atoms with van der Waals surface area (Å²) < 4.78 is 33.8. The lowest BCUT2D eigenvalue weighted by Gasteiger charge is -2.13. The number of anilines is 2. The molecule has 154 valence electrons. The van der Waals surface area contributed by atoms with Gasteiger partial charge < -0.3 is 10.1 Å². The van der Waals surface area contributed by atoms with Crippen LogP contribution in [0.4, 0.5) is 11.6 Å². The zero-order valence-electron chi connectivity index (χ0n) is 17.1. The Morgan fingerprint density at radius 1 is 0.933 bits per heavy atom. The Morgan fingerprint density at radius 2 is 1.60 bits per heavy atom. The van der Waals surface area contributed by atoms with Gasteiger partial charge in [0.2, 0.25) is 5.95 Å². The maximum atomic E-state index is 13.5. The molecule has 6 nitrogen and oxygen atoms in total. The van der Waals surface area contributed by atoms with Crippen molar-refractivity contribution in [3.8, 4) is 5.75 Å². The third-order valence-corrected chi connectivity index (χ3v) is 6.47. The van der Waals surface area contributed by atoms with Gasteiger partial charge in [-0.05, 0) is 74.9 Å². The zero-order chi connectivity index (χ0) is 21.3. The smallest absolute Gasteiger partial charge is 0.271 e. The summed E-state index contributed by atoms with van der Waals surface area (Å²) >= 11 is 0. The van der Waals surface area contributed by atoms with Gasteiger partial charge in [-0.15, -0.1) is 0 Å². The molecule has 7 heteroatoms. The van der Waals surface area contributed by atoms with E-state index >= 15 is 0 Å². The Kier molecular flexibility index (Phi) is 5.22. The summed E-state index contributed by atoms with van der Waals surface area (Å²) in [7, 11) is -3.86. The van der Waals surface area contributed by atoms with Gasteiger partial charge in [0.05, 0.1) is 22.5 Å². The van der Waals surface area contributed by atoms with Gasteiger partial charge >= 0.3 is 0 Å². The summed E-state index contributed by atoms with van der Waals surface area (Å²) in [5, 5.41) is 3.16. The molecule has 0 radical (unpaired) electrons. The second kappa shape index (κ2) is 7.84. The van der Waals surface area contributed by atoms with Crippen molar-refractivity contribution in [2.45, 2.75) is 25.7 Å². The minimum Gasteiger partial charge on any atom is -0.494 e. The van der Waals surface area contributed by atoms with E-state index in [9.17, 15) is 8.42 Å². The van der Waals surface area contributed by atoms with Gasteiger partial charge in [0.25, 0.3) is 10.0 Å². The number of ether oxygens (including phenoxy) is 1. The Bertz CT molecular complexity index is 1290. The average Bonchev–Trinajstić information content (AvgIpc) is 3.07. The van der Waals surface area contributed by atoms with Crippen molar-refractivity contribution in [3.63, 3.8) is 0 Å². The lowest BCUT2D eigenvalue weighted by atomic mass is 10.2. The Balaban J connectivity index is 1.84. The molecule has 0 spiro atoms. The first-order chi connectivity index (χ1) is 14.4. The number of fused-ring (bicyclic) bond motifs is 1. The first-order valence-corrected chi connectivity index (χ1v) is 11.1. The van der Waals surface area contributed by atoms with Gasteiger partial charge in [-0.25, -0.2) is 17.4 Å². The highest BCUT2D eigenvalue weighted by molar-refractivity contribution is 7.90. The van der Waals surface area contributed by atoms with Gasteiger partial charge in [0, 0.05) is 5.69 Å². The third-order valence-electron chi connectivity index (χ3n) is 4.75. The monoisotopic (exact) mass is 421 g/mol. The lowest BCUT2D eigenvalue weighted by molar-refractivity contribution is 0.340. The van der Waals surface area contributed by atoms with E-state index < -0.39 is 10.0 Å². The summed E-state index contributed by atoms with van der Waals surface area (Å²) in [6.45, 7) is 6.35. The van der Waals surface area contributed by atoms with Crippen LogP contribution in [0.15, 0.2) is 71.6 Å². The first kappa shape index (κ1) is 20.0. The highest BCUT2D eigenvalue weighted by Crippen LogP contribution is 2.29. The first-order valence-electron chi connectivity index (χ1n) is 9.70. The zero-order valence-corrected chi connectivity index (χ0v) is 17.9. The molecule has 0 bridgehead atoms. The highest BCUT2D eigenvalue weighted by Gasteiger charge is 2.24. The van der Waals surface area contributed by atoms with Crippen LogP contribution in [0.25, 0.3) is 11.0 Å². The number of nitrogens with one attached hydrogen (secondary N) is 1. The van der Waals surface area contributed by atoms with Crippen molar-refractivity contribution in [1.82, 2.24) is 8.96 Å². The van der Waals surface area contributed by atoms with Crippen LogP contribution in [-0.4, -0.2) is 24.0 Å². The van der Waals surface area contributed by atoms with Crippen LogP contribution in [0, 0.1) is 13.8 Å². The number of hydrogen-bond donors (Lipinski definition) is 1. The fourth-order valence-electron chi connectivity index (χ4n) is 3.23. The van der Waals surface area contributed by atoms with E-state index in [1.807, 2.05) is 63.2 Å². The normalized spacial score (nSPS) is 11.6. The van der Waals surface area contributed by atoms with Gasteiger partial charge in [-0.3, -0.25) is 0 Å². The van der Waals surface area contributed by atoms with Crippen LogP contribution in [0.1, 0.15) is 18.1 Å². The molecule has 30 heavy (non-hydrogen) atoms. The van der Waals surface area contributed by atoms with Crippen molar-refractivity contribution < 1.29 is 13.2 Å². The summed E-state index contributed by atoms with van der Waals surface area (Å²) in [5.74, 6) is 0.986. The average molecular weight is 422 g/mol. The SMILES string of the molecule is CCOc1ccc(Nc2nc3ccc(C)cc3n2S(=O)(=O)c2ccc(C)cc2)cc1. The standard InChI is InChI=1S/C23H23N3O3S/c1-4-29-19-10-8-18(9-11-19)24-23-25-21-14-7-17(3)15-22(21)26(23)30(27,28)20-12-5-16(2)6-13-20/h5-15H,4H2,1-3H3,(H,24,25). The van der Waals surface area contributed by atoms with E-state index in [-0.39, 0.29) is 10.8 Å². The fourth-order valence-corrected chi connectivity index (χ4v) is 4.64. The summed E-state index contributed by atoms with van der Waals surface area (Å²) in [4.78, 5) is 4.77. The number of hydrogen-bond acceptors (Lipinski definition) is 5. The van der Waals surface area contributed by atoms with Crippen LogP contribution < -0.4 is 10.1 Å². The second-order valence-electron chi connectivity index (χ2n) is 7.09. The van der Waals surface area contributed by atoms with Crippen molar-refractivity contribution in [2.75, 3.05) is 11.9 Å². The van der Waals surface area contributed by atoms with Gasteiger partial charge in [-0.2, -0.15) is 0 Å². The quantitative estimate of drug-likeness (QED) is 0.473. The molecule has 4 aromatic rings. The predicted octanol–water partition coefficient (Wildman–Crippen LogP) is 5.03. The highest BCUT2D eigenvalue weighted by atomic mass is 32.2. The molecule has 3 aromatic carbocycles. The molecule has 1 N–H and O–H groups in total. The number of rotatable bonds is 6. The molecule has 0 aliphatic carbocycles. The van der Waals surface area contributed by atoms with E-state index in [0.29, 0.717) is 23.3 Å². The minimum absolute atomic E-state index is 0.212. The van der Waals surface area contributed by atoms with Crippen LogP contribution in [0.3, 0.4) is 0 Å². The molecule has 0 atom stereocenters. The number of imidazole rings is 1. The van der Waals surface area contributed by atoms with Crippen molar-refractivity contribution in [2.24, 2.45) is 0 Å². The number of benzene rings is 3. The molecule has 4 rings (SSSR count). The third kappa shape index (κ3) is 3.76. The topological polar surface area (TPSA) is 73.2 Å². The molecular formula is C23H23N3O3S. The van der Waals surface area contributed by atoms with Gasteiger partial charge in [-0.1, -0.05) is 23.8 Å². The van der Waals surface area contributed by atoms with Gasteiger partial charge in [0.1, 0.15) is 5.75 Å². The molecule has 1 aromatic heterocycles. The van der Waals surface area contributed by atoms with Crippen molar-refractivity contribution in [3.05, 3.63) is 77.9 Å². The fraction of sp³-hybridized carbons (Fsp3) is 0.174. The van der Waals surface area contributed by atoms with Crippen LogP contribution in [0.5, 0.6) is 5.75 Å². The second-order valence-corrected chi connectivity index (χ2v) is 8.88. The van der Waals surface area contributed by atoms with E-state index in [1.165, 1.54) is 3.97 Å². The Morgan fingerprint density at radius 3 is 2.27 bits per heavy atom.